The minimum absolute atomic E-state index is 0.0774. The molecule has 0 aliphatic rings. The van der Waals surface area contributed by atoms with Crippen LogP contribution < -0.4 is 0 Å². The summed E-state index contributed by atoms with van der Waals surface area (Å²) in [5, 5.41) is 0.571. The van der Waals surface area contributed by atoms with E-state index < -0.39 is 15.7 Å². The van der Waals surface area contributed by atoms with E-state index in [1.807, 2.05) is 0 Å². The van der Waals surface area contributed by atoms with Gasteiger partial charge in [0.2, 0.25) is 0 Å². The van der Waals surface area contributed by atoms with Crippen LogP contribution in [0.5, 0.6) is 0 Å². The zero-order valence-electron chi connectivity index (χ0n) is 8.94. The van der Waals surface area contributed by atoms with E-state index in [2.05, 4.69) is 0 Å². The van der Waals surface area contributed by atoms with E-state index in [9.17, 15) is 12.8 Å². The van der Waals surface area contributed by atoms with Gasteiger partial charge in [-0.1, -0.05) is 18.2 Å². The summed E-state index contributed by atoms with van der Waals surface area (Å²) in [6, 6.07) is 7.03. The van der Waals surface area contributed by atoms with Gasteiger partial charge in [-0.2, -0.15) is 0 Å². The molecule has 1 heterocycles. The monoisotopic (exact) mass is 275 g/mol. The van der Waals surface area contributed by atoms with Crippen molar-refractivity contribution >= 4 is 30.6 Å². The first kappa shape index (κ1) is 12.4. The molecule has 0 N–H and O–H groups in total. The Bertz CT molecular complexity index is 636. The van der Waals surface area contributed by atoms with E-state index >= 15 is 0 Å². The molecule has 0 aliphatic heterocycles. The maximum atomic E-state index is 12.2. The summed E-state index contributed by atoms with van der Waals surface area (Å²) < 4.78 is 36.7. The van der Waals surface area contributed by atoms with E-state index in [0.29, 0.717) is 18.4 Å². The van der Waals surface area contributed by atoms with E-state index in [0.717, 1.165) is 5.52 Å². The Morgan fingerprint density at radius 3 is 2.65 bits per heavy atom. The minimum atomic E-state index is -3.78. The van der Waals surface area contributed by atoms with Gasteiger partial charge in [0.15, 0.2) is 0 Å². The molecule has 92 valence electrons. The summed E-state index contributed by atoms with van der Waals surface area (Å²) in [5.74, 6) is 0. The van der Waals surface area contributed by atoms with Gasteiger partial charge in [-0.15, -0.1) is 0 Å². The van der Waals surface area contributed by atoms with Crippen LogP contribution in [0, 0.1) is 0 Å². The molecule has 1 aromatic carbocycles. The van der Waals surface area contributed by atoms with Gasteiger partial charge in [0.1, 0.15) is 4.90 Å². The van der Waals surface area contributed by atoms with Crippen LogP contribution in [-0.2, 0) is 15.6 Å². The zero-order chi connectivity index (χ0) is 12.5. The van der Waals surface area contributed by atoms with Crippen LogP contribution >= 0.6 is 10.7 Å². The third-order valence-electron chi connectivity index (χ3n) is 2.55. The van der Waals surface area contributed by atoms with Crippen molar-refractivity contribution in [3.8, 4) is 0 Å². The number of halogens is 2. The number of nitrogens with zero attached hydrogens (tertiary/aromatic N) is 1. The van der Waals surface area contributed by atoms with Crippen LogP contribution in [-0.4, -0.2) is 19.7 Å². The van der Waals surface area contributed by atoms with Crippen molar-refractivity contribution in [2.45, 2.75) is 17.9 Å². The fourth-order valence-corrected chi connectivity index (χ4v) is 2.88. The topological polar surface area (TPSA) is 39.1 Å². The SMILES string of the molecule is O=S(=O)(Cl)c1cn(CCCF)c2ccccc12. The Hall–Kier alpha value is -1.07. The number of alkyl halides is 1. The normalized spacial score (nSPS) is 12.1. The largest absolute Gasteiger partial charge is 0.346 e. The fourth-order valence-electron chi connectivity index (χ4n) is 1.82. The Labute approximate surface area is 103 Å². The molecule has 17 heavy (non-hydrogen) atoms. The quantitative estimate of drug-likeness (QED) is 0.805. The number of fused-ring (bicyclic) bond motifs is 1. The standard InChI is InChI=1S/C11H11ClFNO2S/c12-17(15,16)11-8-14(7-3-6-13)10-5-2-1-4-9(10)11/h1-2,4-5,8H,3,6-7H2. The van der Waals surface area contributed by atoms with Crippen molar-refractivity contribution in [3.05, 3.63) is 30.5 Å². The number of aromatic nitrogens is 1. The Morgan fingerprint density at radius 2 is 2.00 bits per heavy atom. The molecule has 0 spiro atoms. The molecule has 0 amide bonds. The lowest BCUT2D eigenvalue weighted by Crippen LogP contribution is -1.96. The molecular weight excluding hydrogens is 265 g/mol. The van der Waals surface area contributed by atoms with Gasteiger partial charge in [-0.3, -0.25) is 4.39 Å². The van der Waals surface area contributed by atoms with E-state index in [-0.39, 0.29) is 4.90 Å². The van der Waals surface area contributed by atoms with Gasteiger partial charge < -0.3 is 4.57 Å². The maximum absolute atomic E-state index is 12.2. The van der Waals surface area contributed by atoms with E-state index in [1.54, 1.807) is 28.8 Å². The van der Waals surface area contributed by atoms with Crippen molar-refractivity contribution in [2.24, 2.45) is 0 Å². The molecule has 2 rings (SSSR count). The molecule has 1 aromatic heterocycles. The van der Waals surface area contributed by atoms with Crippen molar-refractivity contribution < 1.29 is 12.8 Å². The summed E-state index contributed by atoms with van der Waals surface area (Å²) in [4.78, 5) is 0.0774. The van der Waals surface area contributed by atoms with Gasteiger partial charge in [-0.25, -0.2) is 8.42 Å². The van der Waals surface area contributed by atoms with Crippen LogP contribution in [0.25, 0.3) is 10.9 Å². The summed E-state index contributed by atoms with van der Waals surface area (Å²) in [7, 11) is 1.59. The van der Waals surface area contributed by atoms with Crippen LogP contribution in [0.3, 0.4) is 0 Å². The highest BCUT2D eigenvalue weighted by Gasteiger charge is 2.17. The maximum Gasteiger partial charge on any atom is 0.263 e. The Kier molecular flexibility index (Phi) is 3.40. The molecule has 0 saturated heterocycles. The predicted molar refractivity (Wildman–Crippen MR) is 65.6 cm³/mol. The molecule has 2 aromatic rings. The lowest BCUT2D eigenvalue weighted by Gasteiger charge is -2.01. The second-order valence-corrected chi connectivity index (χ2v) is 6.22. The molecule has 0 radical (unpaired) electrons. The van der Waals surface area contributed by atoms with Gasteiger partial charge in [-0.05, 0) is 12.5 Å². The molecule has 6 heteroatoms. The number of hydrogen-bond donors (Lipinski definition) is 0. The number of aryl methyl sites for hydroxylation is 1. The first-order valence-electron chi connectivity index (χ1n) is 5.12. The van der Waals surface area contributed by atoms with Crippen molar-refractivity contribution in [3.63, 3.8) is 0 Å². The third-order valence-corrected chi connectivity index (χ3v) is 3.90. The highest BCUT2D eigenvalue weighted by atomic mass is 35.7. The molecule has 0 fully saturated rings. The fraction of sp³-hybridized carbons (Fsp3) is 0.273. The Morgan fingerprint density at radius 1 is 1.29 bits per heavy atom. The molecule has 3 nitrogen and oxygen atoms in total. The second kappa shape index (κ2) is 4.66. The molecule has 0 bridgehead atoms. The van der Waals surface area contributed by atoms with E-state index in [4.69, 9.17) is 10.7 Å². The first-order valence-corrected chi connectivity index (χ1v) is 7.43. The van der Waals surface area contributed by atoms with Gasteiger partial charge >= 0.3 is 0 Å². The highest BCUT2D eigenvalue weighted by molar-refractivity contribution is 8.14. The number of hydrogen-bond acceptors (Lipinski definition) is 2. The van der Waals surface area contributed by atoms with Crippen LogP contribution in [0.2, 0.25) is 0 Å². The van der Waals surface area contributed by atoms with Crippen molar-refractivity contribution in [1.82, 2.24) is 4.57 Å². The number of para-hydroxylation sites is 1. The molecule has 0 aliphatic carbocycles. The second-order valence-electron chi connectivity index (χ2n) is 3.68. The van der Waals surface area contributed by atoms with Crippen LogP contribution in [0.4, 0.5) is 4.39 Å². The minimum Gasteiger partial charge on any atom is -0.346 e. The molecular formula is C11H11ClFNO2S. The summed E-state index contributed by atoms with van der Waals surface area (Å²) in [5.41, 5.74) is 0.750. The van der Waals surface area contributed by atoms with Crippen molar-refractivity contribution in [2.75, 3.05) is 6.67 Å². The van der Waals surface area contributed by atoms with Crippen molar-refractivity contribution in [1.29, 1.82) is 0 Å². The summed E-state index contributed by atoms with van der Waals surface area (Å²) >= 11 is 0. The third kappa shape index (κ3) is 2.45. The van der Waals surface area contributed by atoms with Gasteiger partial charge in [0.05, 0.1) is 6.67 Å². The van der Waals surface area contributed by atoms with Gasteiger partial charge in [0, 0.05) is 34.3 Å². The number of benzene rings is 1. The lowest BCUT2D eigenvalue weighted by atomic mass is 10.2. The summed E-state index contributed by atoms with van der Waals surface area (Å²) in [6.07, 6.45) is 1.81. The zero-order valence-corrected chi connectivity index (χ0v) is 10.5. The summed E-state index contributed by atoms with van der Waals surface area (Å²) in [6.45, 7) is -0.00110. The lowest BCUT2D eigenvalue weighted by molar-refractivity contribution is 0.449. The molecule has 0 saturated carbocycles. The van der Waals surface area contributed by atoms with Crippen LogP contribution in [0.15, 0.2) is 35.4 Å². The first-order chi connectivity index (χ1) is 8.04. The molecule has 0 unspecified atom stereocenters. The van der Waals surface area contributed by atoms with E-state index in [1.165, 1.54) is 6.20 Å². The van der Waals surface area contributed by atoms with Gasteiger partial charge in [0.25, 0.3) is 9.05 Å². The predicted octanol–water partition coefficient (Wildman–Crippen LogP) is 2.93. The highest BCUT2D eigenvalue weighted by Crippen LogP contribution is 2.27. The average Bonchev–Trinajstić information content (AvgIpc) is 2.65. The smallest absolute Gasteiger partial charge is 0.263 e. The molecule has 0 atom stereocenters. The average molecular weight is 276 g/mol. The van der Waals surface area contributed by atoms with Crippen LogP contribution in [0.1, 0.15) is 6.42 Å². The Balaban J connectivity index is 2.63. The number of rotatable bonds is 4.